The molecule has 0 saturated carbocycles. The smallest absolute Gasteiger partial charge is 0.0969 e. The lowest BCUT2D eigenvalue weighted by atomic mass is 10.2. The van der Waals surface area contributed by atoms with Gasteiger partial charge >= 0.3 is 0 Å². The molecule has 0 atom stereocenters. The Bertz CT molecular complexity index is 946. The topological polar surface area (TPSA) is 56.0 Å². The molecule has 2 aromatic heterocycles. The van der Waals surface area contributed by atoms with Crippen molar-refractivity contribution in [3.05, 3.63) is 78.6 Å². The number of hydrazone groups is 1. The first-order valence-corrected chi connectivity index (χ1v) is 7.16. The van der Waals surface area contributed by atoms with Gasteiger partial charge in [0.2, 0.25) is 0 Å². The molecule has 0 aliphatic heterocycles. The third kappa shape index (κ3) is 2.24. The van der Waals surface area contributed by atoms with Crippen LogP contribution in [0.3, 0.4) is 0 Å². The fourth-order valence-corrected chi connectivity index (χ4v) is 2.63. The van der Waals surface area contributed by atoms with Gasteiger partial charge in [0.25, 0.3) is 0 Å². The van der Waals surface area contributed by atoms with Gasteiger partial charge in [0, 0.05) is 45.3 Å². The van der Waals surface area contributed by atoms with Crippen LogP contribution >= 0.6 is 0 Å². The predicted octanol–water partition coefficient (Wildman–Crippen LogP) is 3.78. The van der Waals surface area contributed by atoms with Gasteiger partial charge in [0.15, 0.2) is 0 Å². The Morgan fingerprint density at radius 1 is 0.773 bits per heavy atom. The van der Waals surface area contributed by atoms with Crippen molar-refractivity contribution in [2.75, 3.05) is 0 Å². The van der Waals surface area contributed by atoms with E-state index < -0.39 is 0 Å². The van der Waals surface area contributed by atoms with Gasteiger partial charge in [0.1, 0.15) is 0 Å². The van der Waals surface area contributed by atoms with E-state index in [2.05, 4.69) is 44.8 Å². The molecule has 0 saturated heterocycles. The van der Waals surface area contributed by atoms with Gasteiger partial charge in [-0.25, -0.2) is 0 Å². The summed E-state index contributed by atoms with van der Waals surface area (Å²) in [4.78, 5) is 6.47. The highest BCUT2D eigenvalue weighted by molar-refractivity contribution is 5.98. The molecule has 3 N–H and O–H groups in total. The van der Waals surface area contributed by atoms with E-state index in [9.17, 15) is 0 Å². The predicted molar refractivity (Wildman–Crippen MR) is 90.7 cm³/mol. The summed E-state index contributed by atoms with van der Waals surface area (Å²) in [7, 11) is 0. The number of hydrogen-bond donors (Lipinski definition) is 3. The average Bonchev–Trinajstić information content (AvgIpc) is 3.16. The summed E-state index contributed by atoms with van der Waals surface area (Å²) in [6, 6.07) is 16.4. The first kappa shape index (κ1) is 12.7. The minimum Gasteiger partial charge on any atom is -0.361 e. The maximum absolute atomic E-state index is 4.28. The van der Waals surface area contributed by atoms with Crippen molar-refractivity contribution in [3.8, 4) is 0 Å². The fourth-order valence-electron chi connectivity index (χ4n) is 2.63. The molecule has 2 heterocycles. The van der Waals surface area contributed by atoms with E-state index in [4.69, 9.17) is 0 Å². The van der Waals surface area contributed by atoms with Crippen molar-refractivity contribution in [1.82, 2.24) is 15.4 Å². The Kier molecular flexibility index (Phi) is 3.12. The zero-order valence-corrected chi connectivity index (χ0v) is 11.9. The number of nitrogens with zero attached hydrogens (tertiary/aromatic N) is 1. The fraction of sp³-hybridized carbons (Fsp3) is 0. The molecule has 107 valence electrons. The van der Waals surface area contributed by atoms with Crippen molar-refractivity contribution in [1.29, 1.82) is 0 Å². The van der Waals surface area contributed by atoms with Crippen LogP contribution in [-0.2, 0) is 0 Å². The lowest BCUT2D eigenvalue weighted by molar-refractivity contribution is 0.908. The second kappa shape index (κ2) is 5.41. The highest BCUT2D eigenvalue weighted by Crippen LogP contribution is 2.18. The average molecular weight is 287 g/mol. The number of H-pyrrole nitrogens is 2. The first-order valence-electron chi connectivity index (χ1n) is 7.16. The summed E-state index contributed by atoms with van der Waals surface area (Å²) in [5.41, 5.74) is 7.38. The SMILES string of the molecule is [CH](NN=Cc1c[nH]c2ccccc12)c1c[nH]c2ccccc12. The van der Waals surface area contributed by atoms with Crippen LogP contribution in [0.25, 0.3) is 21.8 Å². The van der Waals surface area contributed by atoms with Gasteiger partial charge in [-0.2, -0.15) is 5.10 Å². The molecule has 4 rings (SSSR count). The van der Waals surface area contributed by atoms with E-state index in [1.807, 2.05) is 49.4 Å². The van der Waals surface area contributed by atoms with Crippen LogP contribution in [0.4, 0.5) is 0 Å². The van der Waals surface area contributed by atoms with Crippen molar-refractivity contribution < 1.29 is 0 Å². The zero-order chi connectivity index (χ0) is 14.8. The molecule has 2 aromatic carbocycles. The summed E-state index contributed by atoms with van der Waals surface area (Å²) in [6.45, 7) is 1.89. The Balaban J connectivity index is 1.48. The van der Waals surface area contributed by atoms with Gasteiger partial charge in [-0.3, -0.25) is 5.43 Å². The highest BCUT2D eigenvalue weighted by Gasteiger charge is 2.02. The van der Waals surface area contributed by atoms with Crippen LogP contribution in [0.5, 0.6) is 0 Å². The van der Waals surface area contributed by atoms with Crippen molar-refractivity contribution in [2.45, 2.75) is 0 Å². The molecule has 1 radical (unpaired) electrons. The van der Waals surface area contributed by atoms with Gasteiger partial charge in [-0.05, 0) is 12.1 Å². The summed E-state index contributed by atoms with van der Waals surface area (Å²) < 4.78 is 0. The summed E-state index contributed by atoms with van der Waals surface area (Å²) >= 11 is 0. The largest absolute Gasteiger partial charge is 0.361 e. The van der Waals surface area contributed by atoms with E-state index in [-0.39, 0.29) is 0 Å². The number of rotatable bonds is 4. The molecular formula is C18H15N4. The van der Waals surface area contributed by atoms with Crippen LogP contribution < -0.4 is 5.43 Å². The molecule has 22 heavy (non-hydrogen) atoms. The van der Waals surface area contributed by atoms with Crippen LogP contribution in [0, 0.1) is 6.54 Å². The van der Waals surface area contributed by atoms with E-state index in [0.717, 1.165) is 22.2 Å². The molecule has 4 heteroatoms. The summed E-state index contributed by atoms with van der Waals surface area (Å²) in [6.07, 6.45) is 5.75. The normalized spacial score (nSPS) is 11.6. The Morgan fingerprint density at radius 3 is 2.09 bits per heavy atom. The molecular weight excluding hydrogens is 272 g/mol. The van der Waals surface area contributed by atoms with Crippen molar-refractivity contribution in [2.24, 2.45) is 5.10 Å². The maximum atomic E-state index is 4.28. The maximum Gasteiger partial charge on any atom is 0.0969 e. The molecule has 0 amide bonds. The van der Waals surface area contributed by atoms with E-state index in [1.165, 1.54) is 10.8 Å². The van der Waals surface area contributed by atoms with Crippen molar-refractivity contribution >= 4 is 28.0 Å². The standard InChI is InChI=1S/C18H15N4/c1-3-7-17-15(5-1)13(9-19-17)11-21-22-12-14-10-20-18-8-4-2-6-16(14)18/h1-12,19-21H. The Morgan fingerprint density at radius 2 is 1.36 bits per heavy atom. The minimum absolute atomic E-state index is 1.07. The van der Waals surface area contributed by atoms with Crippen LogP contribution in [-0.4, -0.2) is 16.2 Å². The van der Waals surface area contributed by atoms with Gasteiger partial charge < -0.3 is 9.97 Å². The van der Waals surface area contributed by atoms with Crippen LogP contribution in [0.15, 0.2) is 66.0 Å². The van der Waals surface area contributed by atoms with Gasteiger partial charge in [0.05, 0.1) is 12.8 Å². The number of nitrogens with one attached hydrogen (secondary N) is 3. The molecule has 0 aliphatic carbocycles. The third-order valence-electron chi connectivity index (χ3n) is 3.74. The summed E-state index contributed by atoms with van der Waals surface area (Å²) in [5, 5.41) is 6.63. The monoisotopic (exact) mass is 287 g/mol. The number of aromatic amines is 2. The Labute approximate surface area is 127 Å². The number of aromatic nitrogens is 2. The quantitative estimate of drug-likeness (QED) is 0.388. The third-order valence-corrected chi connectivity index (χ3v) is 3.74. The van der Waals surface area contributed by atoms with Gasteiger partial charge in [-0.1, -0.05) is 36.4 Å². The van der Waals surface area contributed by atoms with Crippen molar-refractivity contribution in [3.63, 3.8) is 0 Å². The summed E-state index contributed by atoms with van der Waals surface area (Å²) in [5.74, 6) is 0. The van der Waals surface area contributed by atoms with Gasteiger partial charge in [-0.15, -0.1) is 0 Å². The minimum atomic E-state index is 1.07. The molecule has 4 aromatic rings. The second-order valence-corrected chi connectivity index (χ2v) is 5.11. The van der Waals surface area contributed by atoms with E-state index in [0.29, 0.717) is 0 Å². The number of fused-ring (bicyclic) bond motifs is 2. The van der Waals surface area contributed by atoms with Crippen LogP contribution in [0.2, 0.25) is 0 Å². The second-order valence-electron chi connectivity index (χ2n) is 5.11. The first-order chi connectivity index (χ1) is 10.9. The molecule has 0 fully saturated rings. The lowest BCUT2D eigenvalue weighted by Crippen LogP contribution is -2.01. The van der Waals surface area contributed by atoms with E-state index >= 15 is 0 Å². The Hall–Kier alpha value is -3.01. The molecule has 0 aliphatic rings. The zero-order valence-electron chi connectivity index (χ0n) is 11.9. The number of para-hydroxylation sites is 2. The number of benzene rings is 2. The molecule has 4 nitrogen and oxygen atoms in total. The molecule has 0 bridgehead atoms. The van der Waals surface area contributed by atoms with E-state index in [1.54, 1.807) is 0 Å². The van der Waals surface area contributed by atoms with Crippen LogP contribution in [0.1, 0.15) is 11.1 Å². The highest BCUT2D eigenvalue weighted by atomic mass is 15.3. The molecule has 0 unspecified atom stereocenters. The lowest BCUT2D eigenvalue weighted by Gasteiger charge is -1.98. The number of hydrogen-bond acceptors (Lipinski definition) is 2. The molecule has 0 spiro atoms.